The van der Waals surface area contributed by atoms with E-state index in [9.17, 15) is 4.79 Å². The highest BCUT2D eigenvalue weighted by Gasteiger charge is 2.22. The minimum Gasteiger partial charge on any atom is -0.316 e. The topological polar surface area (TPSA) is 69.8 Å². The van der Waals surface area contributed by atoms with Crippen LogP contribution in [0.25, 0.3) is 22.0 Å². The number of nitrogens with zero attached hydrogens (tertiary/aromatic N) is 1. The van der Waals surface area contributed by atoms with Crippen molar-refractivity contribution in [3.8, 4) is 11.1 Å². The number of aromatic nitrogens is 2. The van der Waals surface area contributed by atoms with Gasteiger partial charge in [-0.3, -0.25) is 9.89 Å². The monoisotopic (exact) mass is 368 g/mol. The minimum absolute atomic E-state index is 0.00905. The number of aromatic amines is 1. The van der Waals surface area contributed by atoms with Crippen molar-refractivity contribution in [3.05, 3.63) is 47.0 Å². The summed E-state index contributed by atoms with van der Waals surface area (Å²) in [6.07, 6.45) is 1.93. The molecule has 0 spiro atoms. The number of amides is 1. The lowest BCUT2D eigenvalue weighted by Gasteiger charge is -2.21. The molecule has 0 saturated carbocycles. The molecule has 1 atom stereocenters. The van der Waals surface area contributed by atoms with Crippen molar-refractivity contribution in [1.82, 2.24) is 15.5 Å². The first kappa shape index (κ1) is 17.1. The summed E-state index contributed by atoms with van der Waals surface area (Å²) in [6.45, 7) is 3.72. The second-order valence-corrected chi connectivity index (χ2v) is 7.26. The number of rotatable bonds is 3. The summed E-state index contributed by atoms with van der Waals surface area (Å²) in [4.78, 5) is 12.5. The van der Waals surface area contributed by atoms with E-state index in [-0.39, 0.29) is 11.8 Å². The van der Waals surface area contributed by atoms with E-state index in [1.807, 2.05) is 43.3 Å². The summed E-state index contributed by atoms with van der Waals surface area (Å²) < 4.78 is 0. The molecule has 6 heteroatoms. The zero-order chi connectivity index (χ0) is 18.1. The van der Waals surface area contributed by atoms with Gasteiger partial charge in [0.2, 0.25) is 5.91 Å². The summed E-state index contributed by atoms with van der Waals surface area (Å²) in [7, 11) is 0. The molecule has 3 aromatic rings. The first-order valence-electron chi connectivity index (χ1n) is 8.88. The third-order valence-electron chi connectivity index (χ3n) is 4.91. The van der Waals surface area contributed by atoms with Crippen molar-refractivity contribution < 1.29 is 4.79 Å². The second kappa shape index (κ2) is 7.09. The highest BCUT2D eigenvalue weighted by molar-refractivity contribution is 6.33. The highest BCUT2D eigenvalue weighted by atomic mass is 35.5. The van der Waals surface area contributed by atoms with Crippen LogP contribution < -0.4 is 10.6 Å². The van der Waals surface area contributed by atoms with E-state index in [2.05, 4.69) is 20.8 Å². The van der Waals surface area contributed by atoms with Gasteiger partial charge < -0.3 is 10.6 Å². The quantitative estimate of drug-likeness (QED) is 0.651. The number of carbonyl (C=O) groups is 1. The number of hydrogen-bond acceptors (Lipinski definition) is 3. The molecule has 0 radical (unpaired) electrons. The number of nitrogens with one attached hydrogen (secondary N) is 3. The van der Waals surface area contributed by atoms with Crippen molar-refractivity contribution in [1.29, 1.82) is 0 Å². The molecule has 1 fully saturated rings. The molecular formula is C20H21ClN4O. The van der Waals surface area contributed by atoms with Crippen LogP contribution in [0.3, 0.4) is 0 Å². The first-order chi connectivity index (χ1) is 12.6. The van der Waals surface area contributed by atoms with Crippen LogP contribution in [-0.2, 0) is 4.79 Å². The van der Waals surface area contributed by atoms with E-state index in [0.717, 1.165) is 53.5 Å². The van der Waals surface area contributed by atoms with E-state index < -0.39 is 0 Å². The van der Waals surface area contributed by atoms with Crippen LogP contribution >= 0.6 is 11.6 Å². The lowest BCUT2D eigenvalue weighted by atomic mass is 9.99. The zero-order valence-corrected chi connectivity index (χ0v) is 15.4. The van der Waals surface area contributed by atoms with Crippen LogP contribution in [0.1, 0.15) is 18.4 Å². The Bertz CT molecular complexity index is 960. The fraction of sp³-hybridized carbons (Fsp3) is 0.300. The smallest absolute Gasteiger partial charge is 0.229 e. The molecule has 5 nitrogen and oxygen atoms in total. The number of anilines is 1. The molecule has 2 aromatic carbocycles. The predicted octanol–water partition coefficient (Wildman–Crippen LogP) is 4.13. The molecule has 134 valence electrons. The molecule has 0 bridgehead atoms. The fourth-order valence-corrected chi connectivity index (χ4v) is 3.77. The van der Waals surface area contributed by atoms with E-state index in [4.69, 9.17) is 11.6 Å². The van der Waals surface area contributed by atoms with Crippen molar-refractivity contribution in [2.24, 2.45) is 5.92 Å². The van der Waals surface area contributed by atoms with Crippen molar-refractivity contribution in [2.75, 3.05) is 18.4 Å². The maximum absolute atomic E-state index is 12.5. The molecule has 3 N–H and O–H groups in total. The fourth-order valence-electron chi connectivity index (χ4n) is 3.43. The SMILES string of the molecule is Cc1ccc(-c2ccc3[nH]nc(NC(=O)C4CCCNC4)c3c2)c(Cl)c1. The van der Waals surface area contributed by atoms with Gasteiger partial charge in [0.25, 0.3) is 0 Å². The van der Waals surface area contributed by atoms with Crippen LogP contribution in [0.4, 0.5) is 5.82 Å². The van der Waals surface area contributed by atoms with Gasteiger partial charge in [-0.15, -0.1) is 0 Å². The Balaban J connectivity index is 1.65. The number of benzene rings is 2. The average molecular weight is 369 g/mol. The van der Waals surface area contributed by atoms with E-state index in [1.54, 1.807) is 0 Å². The third-order valence-corrected chi connectivity index (χ3v) is 5.22. The Morgan fingerprint density at radius 2 is 2.15 bits per heavy atom. The molecular weight excluding hydrogens is 348 g/mol. The van der Waals surface area contributed by atoms with Gasteiger partial charge in [-0.1, -0.05) is 29.8 Å². The Labute approximate surface area is 157 Å². The zero-order valence-electron chi connectivity index (χ0n) is 14.6. The average Bonchev–Trinajstić information content (AvgIpc) is 3.04. The molecule has 1 aliphatic heterocycles. The third kappa shape index (κ3) is 3.32. The predicted molar refractivity (Wildman–Crippen MR) is 106 cm³/mol. The summed E-state index contributed by atoms with van der Waals surface area (Å²) in [5.74, 6) is 0.579. The Kier molecular flexibility index (Phi) is 4.66. The van der Waals surface area contributed by atoms with Gasteiger partial charge in [-0.05, 0) is 55.6 Å². The van der Waals surface area contributed by atoms with Gasteiger partial charge in [0.05, 0.1) is 11.4 Å². The number of H-pyrrole nitrogens is 1. The largest absolute Gasteiger partial charge is 0.316 e. The Morgan fingerprint density at radius 1 is 1.27 bits per heavy atom. The molecule has 4 rings (SSSR count). The maximum atomic E-state index is 12.5. The van der Waals surface area contributed by atoms with Crippen LogP contribution in [-0.4, -0.2) is 29.2 Å². The molecule has 0 aliphatic carbocycles. The summed E-state index contributed by atoms with van der Waals surface area (Å²) in [5, 5.41) is 15.1. The summed E-state index contributed by atoms with van der Waals surface area (Å²) in [6, 6.07) is 12.0. The molecule has 1 aliphatic rings. The molecule has 2 heterocycles. The van der Waals surface area contributed by atoms with Crippen molar-refractivity contribution >= 4 is 34.2 Å². The lowest BCUT2D eigenvalue weighted by Crippen LogP contribution is -2.37. The van der Waals surface area contributed by atoms with Gasteiger partial charge in [0.15, 0.2) is 5.82 Å². The van der Waals surface area contributed by atoms with E-state index >= 15 is 0 Å². The van der Waals surface area contributed by atoms with Gasteiger partial charge >= 0.3 is 0 Å². The van der Waals surface area contributed by atoms with E-state index in [1.165, 1.54) is 0 Å². The maximum Gasteiger partial charge on any atom is 0.229 e. The normalized spacial score (nSPS) is 17.4. The van der Waals surface area contributed by atoms with Crippen molar-refractivity contribution in [2.45, 2.75) is 19.8 Å². The number of carbonyl (C=O) groups excluding carboxylic acids is 1. The number of halogens is 1. The number of aryl methyl sites for hydroxylation is 1. The molecule has 1 amide bonds. The molecule has 1 saturated heterocycles. The molecule has 26 heavy (non-hydrogen) atoms. The van der Waals surface area contributed by atoms with Crippen LogP contribution in [0.2, 0.25) is 5.02 Å². The van der Waals surface area contributed by atoms with Crippen LogP contribution in [0.5, 0.6) is 0 Å². The van der Waals surface area contributed by atoms with Gasteiger partial charge in [0, 0.05) is 22.5 Å². The summed E-state index contributed by atoms with van der Waals surface area (Å²) in [5.41, 5.74) is 3.97. The van der Waals surface area contributed by atoms with Gasteiger partial charge in [0.1, 0.15) is 0 Å². The Morgan fingerprint density at radius 3 is 2.92 bits per heavy atom. The molecule has 1 unspecified atom stereocenters. The number of hydrogen-bond donors (Lipinski definition) is 3. The lowest BCUT2D eigenvalue weighted by molar-refractivity contribution is -0.120. The standard InChI is InChI=1S/C20H21ClN4O/c1-12-4-6-15(17(21)9-12)13-5-7-18-16(10-13)19(25-24-18)23-20(26)14-3-2-8-22-11-14/h4-7,9-10,14,22H,2-3,8,11H2,1H3,(H2,23,24,25,26). The van der Waals surface area contributed by atoms with Gasteiger partial charge in [-0.2, -0.15) is 5.10 Å². The van der Waals surface area contributed by atoms with Crippen molar-refractivity contribution in [3.63, 3.8) is 0 Å². The van der Waals surface area contributed by atoms with Crippen LogP contribution in [0, 0.1) is 12.8 Å². The number of piperidine rings is 1. The van der Waals surface area contributed by atoms with E-state index in [0.29, 0.717) is 10.8 Å². The second-order valence-electron chi connectivity index (χ2n) is 6.85. The first-order valence-corrected chi connectivity index (χ1v) is 9.26. The highest BCUT2D eigenvalue weighted by Crippen LogP contribution is 2.32. The molecule has 1 aromatic heterocycles. The minimum atomic E-state index is -0.00905. The Hall–Kier alpha value is -2.37. The van der Waals surface area contributed by atoms with Gasteiger partial charge in [-0.25, -0.2) is 0 Å². The number of fused-ring (bicyclic) bond motifs is 1. The van der Waals surface area contributed by atoms with Crippen LogP contribution in [0.15, 0.2) is 36.4 Å². The summed E-state index contributed by atoms with van der Waals surface area (Å²) >= 11 is 6.41.